The zero-order valence-corrected chi connectivity index (χ0v) is 9.56. The van der Waals surface area contributed by atoms with Gasteiger partial charge < -0.3 is 4.74 Å². The topological polar surface area (TPSA) is 9.23 Å². The molecule has 2 atom stereocenters. The number of halogens is 3. The van der Waals surface area contributed by atoms with E-state index in [1.165, 1.54) is 6.07 Å². The molecule has 4 heteroatoms. The maximum atomic E-state index is 13.2. The fourth-order valence-electron chi connectivity index (χ4n) is 1.85. The molecular weight excluding hydrogens is 238 g/mol. The van der Waals surface area contributed by atoms with Crippen molar-refractivity contribution >= 4 is 23.2 Å². The first-order valence-electron chi connectivity index (χ1n) is 4.85. The average molecular weight is 249 g/mol. The second kappa shape index (κ2) is 4.69. The van der Waals surface area contributed by atoms with Crippen LogP contribution in [-0.2, 0) is 4.74 Å². The lowest BCUT2D eigenvalue weighted by Gasteiger charge is -2.16. The van der Waals surface area contributed by atoms with Gasteiger partial charge in [-0.05, 0) is 24.1 Å². The lowest BCUT2D eigenvalue weighted by Crippen LogP contribution is -2.09. The van der Waals surface area contributed by atoms with Gasteiger partial charge in [-0.25, -0.2) is 4.39 Å². The fourth-order valence-corrected chi connectivity index (χ4v) is 2.28. The molecule has 0 N–H and O–H groups in total. The van der Waals surface area contributed by atoms with Crippen molar-refractivity contribution in [2.24, 2.45) is 5.92 Å². The van der Waals surface area contributed by atoms with Gasteiger partial charge in [0.25, 0.3) is 0 Å². The van der Waals surface area contributed by atoms with Crippen LogP contribution in [0.4, 0.5) is 4.39 Å². The summed E-state index contributed by atoms with van der Waals surface area (Å²) in [6, 6.07) is 4.78. The molecule has 15 heavy (non-hydrogen) atoms. The molecule has 0 saturated carbocycles. The van der Waals surface area contributed by atoms with Gasteiger partial charge in [0.2, 0.25) is 0 Å². The summed E-state index contributed by atoms with van der Waals surface area (Å²) in [5.41, 5.74) is 0.819. The molecule has 2 unspecified atom stereocenters. The molecule has 0 aliphatic carbocycles. The average Bonchev–Trinajstić information content (AvgIpc) is 2.70. The molecule has 1 aromatic carbocycles. The van der Waals surface area contributed by atoms with Crippen molar-refractivity contribution in [1.29, 1.82) is 0 Å². The van der Waals surface area contributed by atoms with Crippen molar-refractivity contribution in [3.8, 4) is 0 Å². The molecule has 1 nitrogen and oxygen atoms in total. The molecule has 0 radical (unpaired) electrons. The summed E-state index contributed by atoms with van der Waals surface area (Å²) in [5.74, 6) is 0.403. The molecule has 0 aromatic heterocycles. The van der Waals surface area contributed by atoms with Crippen molar-refractivity contribution in [3.05, 3.63) is 34.6 Å². The number of rotatable bonds is 2. The van der Waals surface area contributed by atoms with Gasteiger partial charge in [0.05, 0.1) is 11.1 Å². The maximum Gasteiger partial charge on any atom is 0.142 e. The summed E-state index contributed by atoms with van der Waals surface area (Å²) in [6.45, 7) is 0.687. The highest BCUT2D eigenvalue weighted by molar-refractivity contribution is 6.30. The quantitative estimate of drug-likeness (QED) is 0.724. The van der Waals surface area contributed by atoms with Gasteiger partial charge in [-0.1, -0.05) is 17.7 Å². The highest BCUT2D eigenvalue weighted by Crippen LogP contribution is 2.36. The van der Waals surface area contributed by atoms with Gasteiger partial charge in [0.15, 0.2) is 0 Å². The van der Waals surface area contributed by atoms with Crippen LogP contribution >= 0.6 is 23.2 Å². The lowest BCUT2D eigenvalue weighted by molar-refractivity contribution is 0.0949. The predicted octanol–water partition coefficient (Wildman–Crippen LogP) is 3.80. The van der Waals surface area contributed by atoms with Crippen LogP contribution in [0.3, 0.4) is 0 Å². The van der Waals surface area contributed by atoms with Crippen molar-refractivity contribution in [3.63, 3.8) is 0 Å². The molecule has 0 amide bonds. The lowest BCUT2D eigenvalue weighted by atomic mass is 9.97. The largest absolute Gasteiger partial charge is 0.373 e. The molecule has 0 bridgehead atoms. The second-order valence-corrected chi connectivity index (χ2v) is 4.38. The van der Waals surface area contributed by atoms with Crippen LogP contribution in [-0.4, -0.2) is 12.5 Å². The molecule has 1 fully saturated rings. The number of alkyl halides is 1. The van der Waals surface area contributed by atoms with Crippen molar-refractivity contribution in [1.82, 2.24) is 0 Å². The third-order valence-electron chi connectivity index (χ3n) is 2.68. The third kappa shape index (κ3) is 2.27. The van der Waals surface area contributed by atoms with Gasteiger partial charge in [0.1, 0.15) is 5.82 Å². The molecule has 1 aliphatic rings. The van der Waals surface area contributed by atoms with E-state index in [-0.39, 0.29) is 17.0 Å². The first-order chi connectivity index (χ1) is 7.22. The maximum absolute atomic E-state index is 13.2. The van der Waals surface area contributed by atoms with E-state index in [1.807, 2.05) is 0 Å². The van der Waals surface area contributed by atoms with Gasteiger partial charge >= 0.3 is 0 Å². The number of ether oxygens (including phenoxy) is 1. The van der Waals surface area contributed by atoms with Crippen LogP contribution < -0.4 is 0 Å². The van der Waals surface area contributed by atoms with Crippen molar-refractivity contribution < 1.29 is 9.13 Å². The minimum Gasteiger partial charge on any atom is -0.373 e. The Hall–Kier alpha value is -0.310. The zero-order chi connectivity index (χ0) is 10.8. The van der Waals surface area contributed by atoms with Crippen LogP contribution in [0.15, 0.2) is 18.2 Å². The number of benzene rings is 1. The van der Waals surface area contributed by atoms with E-state index in [0.717, 1.165) is 12.0 Å². The highest BCUT2D eigenvalue weighted by atomic mass is 35.5. The molecule has 0 spiro atoms. The molecule has 1 saturated heterocycles. The summed E-state index contributed by atoms with van der Waals surface area (Å²) >= 11 is 11.4. The summed E-state index contributed by atoms with van der Waals surface area (Å²) in [4.78, 5) is 0. The Labute approximate surface area is 98.1 Å². The minimum atomic E-state index is -0.405. The second-order valence-electron chi connectivity index (χ2n) is 3.67. The van der Waals surface area contributed by atoms with Crippen molar-refractivity contribution in [2.75, 3.05) is 12.5 Å². The molecule has 82 valence electrons. The van der Waals surface area contributed by atoms with Gasteiger partial charge in [0, 0.05) is 18.4 Å². The van der Waals surface area contributed by atoms with E-state index in [1.54, 1.807) is 12.1 Å². The number of hydrogen-bond donors (Lipinski definition) is 0. The van der Waals surface area contributed by atoms with Crippen LogP contribution in [0.25, 0.3) is 0 Å². The first kappa shape index (κ1) is 11.2. The van der Waals surface area contributed by atoms with E-state index >= 15 is 0 Å². The normalized spacial score (nSPS) is 25.8. The Kier molecular flexibility index (Phi) is 3.49. The standard InChI is InChI=1S/C11H11Cl2FO/c12-6-8-3-4-15-11(8)7-1-2-9(13)10(14)5-7/h1-2,5,8,11H,3-4,6H2. The summed E-state index contributed by atoms with van der Waals surface area (Å²) in [7, 11) is 0. The summed E-state index contributed by atoms with van der Waals surface area (Å²) in [6.07, 6.45) is 0.840. The van der Waals surface area contributed by atoms with Gasteiger partial charge in [-0.2, -0.15) is 0 Å². The molecular formula is C11H11Cl2FO. The van der Waals surface area contributed by atoms with Crippen LogP contribution in [0.2, 0.25) is 5.02 Å². The fraction of sp³-hybridized carbons (Fsp3) is 0.455. The van der Waals surface area contributed by atoms with Crippen molar-refractivity contribution in [2.45, 2.75) is 12.5 Å². The first-order valence-corrected chi connectivity index (χ1v) is 5.76. The summed E-state index contributed by atoms with van der Waals surface area (Å²) in [5, 5.41) is 0.138. The molecule has 2 rings (SSSR count). The Morgan fingerprint density at radius 2 is 2.27 bits per heavy atom. The Morgan fingerprint density at radius 3 is 2.93 bits per heavy atom. The van der Waals surface area contributed by atoms with E-state index in [9.17, 15) is 4.39 Å². The zero-order valence-electron chi connectivity index (χ0n) is 8.05. The van der Waals surface area contributed by atoms with Gasteiger partial charge in [-0.3, -0.25) is 0 Å². The van der Waals surface area contributed by atoms with E-state index < -0.39 is 5.82 Å². The van der Waals surface area contributed by atoms with E-state index in [2.05, 4.69) is 0 Å². The Bertz CT molecular complexity index is 356. The van der Waals surface area contributed by atoms with Gasteiger partial charge in [-0.15, -0.1) is 11.6 Å². The van der Waals surface area contributed by atoms with Crippen LogP contribution in [0, 0.1) is 11.7 Å². The van der Waals surface area contributed by atoms with E-state index in [4.69, 9.17) is 27.9 Å². The molecule has 1 aromatic rings. The minimum absolute atomic E-state index is 0.0886. The highest BCUT2D eigenvalue weighted by Gasteiger charge is 2.29. The molecule has 1 aliphatic heterocycles. The van der Waals surface area contributed by atoms with Crippen LogP contribution in [0.5, 0.6) is 0 Å². The predicted molar refractivity (Wildman–Crippen MR) is 58.9 cm³/mol. The molecule has 1 heterocycles. The smallest absolute Gasteiger partial charge is 0.142 e. The monoisotopic (exact) mass is 248 g/mol. The Balaban J connectivity index is 2.25. The Morgan fingerprint density at radius 1 is 1.47 bits per heavy atom. The SMILES string of the molecule is Fc1cc(C2OCCC2CCl)ccc1Cl. The van der Waals surface area contributed by atoms with Crippen LogP contribution in [0.1, 0.15) is 18.1 Å². The third-order valence-corrected chi connectivity index (χ3v) is 3.39. The summed E-state index contributed by atoms with van der Waals surface area (Å²) < 4.78 is 18.8. The number of hydrogen-bond acceptors (Lipinski definition) is 1. The van der Waals surface area contributed by atoms with E-state index in [0.29, 0.717) is 12.5 Å².